The summed E-state index contributed by atoms with van der Waals surface area (Å²) < 4.78 is 1.64. The Labute approximate surface area is 153 Å². The van der Waals surface area contributed by atoms with E-state index in [1.54, 1.807) is 17.9 Å². The van der Waals surface area contributed by atoms with Gasteiger partial charge in [0, 0.05) is 24.8 Å². The summed E-state index contributed by atoms with van der Waals surface area (Å²) in [5.41, 5.74) is 2.93. The number of nitrogens with zero attached hydrogens (tertiary/aromatic N) is 2. The molecule has 2 N–H and O–H groups in total. The van der Waals surface area contributed by atoms with E-state index in [4.69, 9.17) is 0 Å². The number of benzene rings is 2. The van der Waals surface area contributed by atoms with Crippen molar-refractivity contribution in [1.82, 2.24) is 15.1 Å². The third kappa shape index (κ3) is 4.18. The fourth-order valence-corrected chi connectivity index (χ4v) is 2.97. The Morgan fingerprint density at radius 2 is 1.73 bits per heavy atom. The molecule has 1 aromatic heterocycles. The average Bonchev–Trinajstić information content (AvgIpc) is 3.05. The number of aryl methyl sites for hydroxylation is 1. The molecule has 1 heterocycles. The second-order valence-electron chi connectivity index (χ2n) is 6.47. The van der Waals surface area contributed by atoms with E-state index in [2.05, 4.69) is 10.4 Å². The summed E-state index contributed by atoms with van der Waals surface area (Å²) in [6.45, 7) is 1.89. The van der Waals surface area contributed by atoms with Gasteiger partial charge in [0.25, 0.3) is 5.91 Å². The fraction of sp³-hybridized carbons (Fsp3) is 0.238. The molecule has 0 saturated heterocycles. The van der Waals surface area contributed by atoms with E-state index in [0.29, 0.717) is 17.7 Å². The van der Waals surface area contributed by atoms with Crippen LogP contribution in [0.5, 0.6) is 0 Å². The first-order valence-electron chi connectivity index (χ1n) is 8.67. The zero-order valence-electron chi connectivity index (χ0n) is 15.0. The zero-order valence-corrected chi connectivity index (χ0v) is 15.0. The lowest BCUT2D eigenvalue weighted by Crippen LogP contribution is -2.33. The average molecular weight is 349 g/mol. The summed E-state index contributed by atoms with van der Waals surface area (Å²) in [6, 6.07) is 18.9. The zero-order chi connectivity index (χ0) is 18.5. The highest BCUT2D eigenvalue weighted by Crippen LogP contribution is 2.22. The Morgan fingerprint density at radius 3 is 2.38 bits per heavy atom. The molecule has 5 nitrogen and oxygen atoms in total. The Hall–Kier alpha value is -2.92. The first-order valence-corrected chi connectivity index (χ1v) is 8.67. The molecule has 0 saturated carbocycles. The molecule has 0 spiro atoms. The number of carbonyl (C=O) groups is 1. The Balaban J connectivity index is 1.70. The molecule has 1 amide bonds. The Kier molecular flexibility index (Phi) is 5.49. The smallest absolute Gasteiger partial charge is 0.255 e. The molecular formula is C21H23N3O2. The van der Waals surface area contributed by atoms with Crippen molar-refractivity contribution in [3.63, 3.8) is 0 Å². The SMILES string of the molecule is CC(CC(O)c1ccccc1)NC(=O)c1cn(C)nc1-c1ccccc1. The second-order valence-corrected chi connectivity index (χ2v) is 6.47. The van der Waals surface area contributed by atoms with E-state index in [1.807, 2.05) is 67.6 Å². The van der Waals surface area contributed by atoms with Gasteiger partial charge in [-0.05, 0) is 18.9 Å². The van der Waals surface area contributed by atoms with E-state index in [9.17, 15) is 9.90 Å². The van der Waals surface area contributed by atoms with E-state index in [-0.39, 0.29) is 11.9 Å². The maximum atomic E-state index is 12.7. The van der Waals surface area contributed by atoms with Gasteiger partial charge >= 0.3 is 0 Å². The number of aliphatic hydroxyl groups is 1. The molecule has 3 aromatic rings. The third-order valence-corrected chi connectivity index (χ3v) is 4.26. The fourth-order valence-electron chi connectivity index (χ4n) is 2.97. The predicted molar refractivity (Wildman–Crippen MR) is 102 cm³/mol. The lowest BCUT2D eigenvalue weighted by atomic mass is 10.0. The molecule has 5 heteroatoms. The van der Waals surface area contributed by atoms with Crippen LogP contribution in [-0.4, -0.2) is 26.8 Å². The summed E-state index contributed by atoms with van der Waals surface area (Å²) >= 11 is 0. The molecule has 0 fully saturated rings. The number of amides is 1. The lowest BCUT2D eigenvalue weighted by Gasteiger charge is -2.18. The topological polar surface area (TPSA) is 67.2 Å². The minimum atomic E-state index is -0.617. The van der Waals surface area contributed by atoms with E-state index < -0.39 is 6.10 Å². The van der Waals surface area contributed by atoms with Crippen LogP contribution in [0.1, 0.15) is 35.4 Å². The molecule has 2 unspecified atom stereocenters. The summed E-state index contributed by atoms with van der Waals surface area (Å²) in [6.07, 6.45) is 1.54. The van der Waals surface area contributed by atoms with Crippen LogP contribution in [0.4, 0.5) is 0 Å². The molecule has 0 radical (unpaired) electrons. The normalized spacial score (nSPS) is 13.2. The van der Waals surface area contributed by atoms with Gasteiger partial charge in [-0.25, -0.2) is 0 Å². The molecule has 0 aliphatic heterocycles. The van der Waals surface area contributed by atoms with Crippen molar-refractivity contribution in [1.29, 1.82) is 0 Å². The number of hydrogen-bond donors (Lipinski definition) is 2. The standard InChI is InChI=1S/C21H23N3O2/c1-15(13-19(25)16-9-5-3-6-10-16)22-21(26)18-14-24(2)23-20(18)17-11-7-4-8-12-17/h3-12,14-15,19,25H,13H2,1-2H3,(H,22,26). The molecular weight excluding hydrogens is 326 g/mol. The van der Waals surface area contributed by atoms with Crippen molar-refractivity contribution in [3.05, 3.63) is 78.0 Å². The number of hydrogen-bond acceptors (Lipinski definition) is 3. The molecule has 134 valence electrons. The summed E-state index contributed by atoms with van der Waals surface area (Å²) in [5.74, 6) is -0.190. The highest BCUT2D eigenvalue weighted by molar-refractivity contribution is 5.99. The molecule has 2 atom stereocenters. The highest BCUT2D eigenvalue weighted by Gasteiger charge is 2.20. The molecule has 0 aliphatic carbocycles. The van der Waals surface area contributed by atoms with Crippen molar-refractivity contribution in [2.45, 2.75) is 25.5 Å². The van der Waals surface area contributed by atoms with Crippen LogP contribution in [0.25, 0.3) is 11.3 Å². The molecule has 3 rings (SSSR count). The van der Waals surface area contributed by atoms with Gasteiger partial charge in [0.05, 0.1) is 11.7 Å². The van der Waals surface area contributed by atoms with Gasteiger partial charge in [-0.15, -0.1) is 0 Å². The summed E-state index contributed by atoms with van der Waals surface area (Å²) in [5, 5.41) is 17.7. The second kappa shape index (κ2) is 7.97. The maximum Gasteiger partial charge on any atom is 0.255 e. The van der Waals surface area contributed by atoms with E-state index in [1.165, 1.54) is 0 Å². The van der Waals surface area contributed by atoms with Crippen LogP contribution in [0.15, 0.2) is 66.9 Å². The first-order chi connectivity index (χ1) is 12.5. The van der Waals surface area contributed by atoms with Crippen LogP contribution in [0.3, 0.4) is 0 Å². The van der Waals surface area contributed by atoms with Gasteiger partial charge in [0.2, 0.25) is 0 Å². The summed E-state index contributed by atoms with van der Waals surface area (Å²) in [4.78, 5) is 12.7. The van der Waals surface area contributed by atoms with Crippen molar-refractivity contribution in [2.24, 2.45) is 7.05 Å². The van der Waals surface area contributed by atoms with E-state index in [0.717, 1.165) is 11.1 Å². The van der Waals surface area contributed by atoms with Crippen molar-refractivity contribution in [2.75, 3.05) is 0 Å². The van der Waals surface area contributed by atoms with Crippen LogP contribution in [-0.2, 0) is 7.05 Å². The predicted octanol–water partition coefficient (Wildman–Crippen LogP) is 3.33. The number of carbonyl (C=O) groups excluding carboxylic acids is 1. The number of rotatable bonds is 6. The maximum absolute atomic E-state index is 12.7. The number of aromatic nitrogens is 2. The van der Waals surface area contributed by atoms with Crippen molar-refractivity contribution < 1.29 is 9.90 Å². The van der Waals surface area contributed by atoms with Gasteiger partial charge < -0.3 is 10.4 Å². The minimum absolute atomic E-state index is 0.179. The highest BCUT2D eigenvalue weighted by atomic mass is 16.3. The number of nitrogens with one attached hydrogen (secondary N) is 1. The molecule has 0 aliphatic rings. The van der Waals surface area contributed by atoms with Crippen molar-refractivity contribution in [3.8, 4) is 11.3 Å². The van der Waals surface area contributed by atoms with Gasteiger partial charge in [-0.1, -0.05) is 60.7 Å². The minimum Gasteiger partial charge on any atom is -0.388 e. The van der Waals surface area contributed by atoms with Gasteiger partial charge in [-0.3, -0.25) is 9.48 Å². The van der Waals surface area contributed by atoms with Gasteiger partial charge in [0.1, 0.15) is 5.69 Å². The lowest BCUT2D eigenvalue weighted by molar-refractivity contribution is 0.0917. The van der Waals surface area contributed by atoms with Crippen LogP contribution in [0, 0.1) is 0 Å². The summed E-state index contributed by atoms with van der Waals surface area (Å²) in [7, 11) is 1.80. The molecule has 0 bridgehead atoms. The van der Waals surface area contributed by atoms with Crippen molar-refractivity contribution >= 4 is 5.91 Å². The first kappa shape index (κ1) is 17.9. The third-order valence-electron chi connectivity index (χ3n) is 4.26. The van der Waals surface area contributed by atoms with Gasteiger partial charge in [0.15, 0.2) is 0 Å². The van der Waals surface area contributed by atoms with Gasteiger partial charge in [-0.2, -0.15) is 5.10 Å². The largest absolute Gasteiger partial charge is 0.388 e. The monoisotopic (exact) mass is 349 g/mol. The molecule has 26 heavy (non-hydrogen) atoms. The van der Waals surface area contributed by atoms with Crippen LogP contribution in [0.2, 0.25) is 0 Å². The van der Waals surface area contributed by atoms with Crippen LogP contribution < -0.4 is 5.32 Å². The Morgan fingerprint density at radius 1 is 1.12 bits per heavy atom. The number of aliphatic hydroxyl groups excluding tert-OH is 1. The quantitative estimate of drug-likeness (QED) is 0.717. The van der Waals surface area contributed by atoms with Crippen LogP contribution >= 0.6 is 0 Å². The Bertz CT molecular complexity index is 859. The van der Waals surface area contributed by atoms with E-state index >= 15 is 0 Å². The molecule has 2 aromatic carbocycles.